The van der Waals surface area contributed by atoms with Crippen LogP contribution in [0.5, 0.6) is 11.5 Å². The van der Waals surface area contributed by atoms with Crippen LogP contribution in [0.25, 0.3) is 0 Å². The number of nitriles is 1. The molecule has 0 aliphatic carbocycles. The minimum absolute atomic E-state index is 0.0430. The van der Waals surface area contributed by atoms with Crippen LogP contribution >= 0.6 is 0 Å². The van der Waals surface area contributed by atoms with Crippen molar-refractivity contribution in [3.05, 3.63) is 59.2 Å². The number of hydrogen-bond donors (Lipinski definition) is 0. The van der Waals surface area contributed by atoms with E-state index in [1.807, 2.05) is 6.07 Å². The van der Waals surface area contributed by atoms with Crippen molar-refractivity contribution < 1.29 is 13.5 Å². The molecule has 0 saturated carbocycles. The molecule has 0 spiro atoms. The quantitative estimate of drug-likeness (QED) is 0.802. The Labute approximate surface area is 103 Å². The van der Waals surface area contributed by atoms with E-state index in [1.165, 1.54) is 18.2 Å². The Hall–Kier alpha value is -2.41. The lowest BCUT2D eigenvalue weighted by Gasteiger charge is -2.08. The van der Waals surface area contributed by atoms with Gasteiger partial charge >= 0.3 is 0 Å². The molecule has 2 aromatic carbocycles. The lowest BCUT2D eigenvalue weighted by Crippen LogP contribution is -1.93. The van der Waals surface area contributed by atoms with Gasteiger partial charge in [0.25, 0.3) is 0 Å². The van der Waals surface area contributed by atoms with Gasteiger partial charge in [-0.05, 0) is 36.8 Å². The Morgan fingerprint density at radius 2 is 1.89 bits per heavy atom. The Kier molecular flexibility index (Phi) is 3.24. The SMILES string of the molecule is Cc1cccc(Oc2ccc(C#N)cc2F)c1F. The van der Waals surface area contributed by atoms with E-state index in [2.05, 4.69) is 0 Å². The van der Waals surface area contributed by atoms with Crippen LogP contribution < -0.4 is 4.74 Å². The molecule has 0 aliphatic rings. The summed E-state index contributed by atoms with van der Waals surface area (Å²) < 4.78 is 32.4. The van der Waals surface area contributed by atoms with Gasteiger partial charge in [-0.1, -0.05) is 12.1 Å². The van der Waals surface area contributed by atoms with E-state index >= 15 is 0 Å². The van der Waals surface area contributed by atoms with Crippen molar-refractivity contribution >= 4 is 0 Å². The van der Waals surface area contributed by atoms with E-state index in [1.54, 1.807) is 19.1 Å². The zero-order valence-electron chi connectivity index (χ0n) is 9.58. The van der Waals surface area contributed by atoms with Crippen LogP contribution in [0, 0.1) is 29.9 Å². The topological polar surface area (TPSA) is 33.0 Å². The third-order valence-electron chi connectivity index (χ3n) is 2.44. The molecule has 0 radical (unpaired) electrons. The highest BCUT2D eigenvalue weighted by atomic mass is 19.1. The molecular weight excluding hydrogens is 236 g/mol. The lowest BCUT2D eigenvalue weighted by atomic mass is 10.2. The van der Waals surface area contributed by atoms with Gasteiger partial charge in [0.2, 0.25) is 0 Å². The van der Waals surface area contributed by atoms with Crippen molar-refractivity contribution in [3.63, 3.8) is 0 Å². The molecule has 2 nitrogen and oxygen atoms in total. The first-order chi connectivity index (χ1) is 8.61. The fraction of sp³-hybridized carbons (Fsp3) is 0.0714. The molecule has 90 valence electrons. The summed E-state index contributed by atoms with van der Waals surface area (Å²) in [6, 6.07) is 10.2. The Morgan fingerprint density at radius 3 is 2.56 bits per heavy atom. The van der Waals surface area contributed by atoms with Crippen molar-refractivity contribution in [2.45, 2.75) is 6.92 Å². The molecule has 0 atom stereocenters. The molecule has 0 N–H and O–H groups in total. The van der Waals surface area contributed by atoms with Crippen molar-refractivity contribution in [3.8, 4) is 17.6 Å². The van der Waals surface area contributed by atoms with Gasteiger partial charge in [0.05, 0.1) is 11.6 Å². The van der Waals surface area contributed by atoms with Gasteiger partial charge in [-0.25, -0.2) is 8.78 Å². The highest BCUT2D eigenvalue weighted by molar-refractivity contribution is 5.39. The maximum Gasteiger partial charge on any atom is 0.168 e. The van der Waals surface area contributed by atoms with Gasteiger partial charge in [-0.15, -0.1) is 0 Å². The summed E-state index contributed by atoms with van der Waals surface area (Å²) >= 11 is 0. The number of ether oxygens (including phenoxy) is 1. The molecule has 0 saturated heterocycles. The predicted octanol–water partition coefficient (Wildman–Crippen LogP) is 3.94. The van der Waals surface area contributed by atoms with Crippen molar-refractivity contribution in [1.82, 2.24) is 0 Å². The number of benzene rings is 2. The van der Waals surface area contributed by atoms with E-state index < -0.39 is 11.6 Å². The maximum absolute atomic E-state index is 13.7. The summed E-state index contributed by atoms with van der Waals surface area (Å²) in [6.45, 7) is 1.59. The molecule has 0 bridgehead atoms. The van der Waals surface area contributed by atoms with Crippen LogP contribution in [-0.2, 0) is 0 Å². The molecule has 0 heterocycles. The van der Waals surface area contributed by atoms with Crippen LogP contribution in [0.1, 0.15) is 11.1 Å². The van der Waals surface area contributed by atoms with E-state index in [-0.39, 0.29) is 17.1 Å². The van der Waals surface area contributed by atoms with Gasteiger partial charge in [-0.3, -0.25) is 0 Å². The van der Waals surface area contributed by atoms with E-state index in [9.17, 15) is 8.78 Å². The van der Waals surface area contributed by atoms with Crippen LogP contribution in [0.3, 0.4) is 0 Å². The normalized spacial score (nSPS) is 9.89. The van der Waals surface area contributed by atoms with E-state index in [0.29, 0.717) is 5.56 Å². The Balaban J connectivity index is 2.35. The van der Waals surface area contributed by atoms with Gasteiger partial charge < -0.3 is 4.74 Å². The van der Waals surface area contributed by atoms with Gasteiger partial charge in [0.15, 0.2) is 23.1 Å². The third-order valence-corrected chi connectivity index (χ3v) is 2.44. The second-order valence-electron chi connectivity index (χ2n) is 3.75. The summed E-state index contributed by atoms with van der Waals surface area (Å²) in [5, 5.41) is 8.61. The molecule has 18 heavy (non-hydrogen) atoms. The maximum atomic E-state index is 13.7. The minimum atomic E-state index is -0.699. The van der Waals surface area contributed by atoms with E-state index in [4.69, 9.17) is 10.00 Å². The molecule has 2 rings (SSSR count). The van der Waals surface area contributed by atoms with Crippen LogP contribution in [0.4, 0.5) is 8.78 Å². The first-order valence-electron chi connectivity index (χ1n) is 5.24. The average Bonchev–Trinajstić information content (AvgIpc) is 2.37. The summed E-state index contributed by atoms with van der Waals surface area (Å²) in [4.78, 5) is 0. The molecule has 0 aliphatic heterocycles. The molecule has 2 aromatic rings. The highest BCUT2D eigenvalue weighted by Crippen LogP contribution is 2.28. The molecular formula is C14H9F2NO. The number of aryl methyl sites for hydroxylation is 1. The smallest absolute Gasteiger partial charge is 0.168 e. The van der Waals surface area contributed by atoms with Gasteiger partial charge in [0, 0.05) is 0 Å². The molecule has 4 heteroatoms. The zero-order valence-corrected chi connectivity index (χ0v) is 9.58. The summed E-state index contributed by atoms with van der Waals surface area (Å²) in [5.74, 6) is -1.38. The Morgan fingerprint density at radius 1 is 1.11 bits per heavy atom. The van der Waals surface area contributed by atoms with Gasteiger partial charge in [-0.2, -0.15) is 5.26 Å². The average molecular weight is 245 g/mol. The number of nitrogens with zero attached hydrogens (tertiary/aromatic N) is 1. The van der Waals surface area contributed by atoms with Crippen molar-refractivity contribution in [2.75, 3.05) is 0 Å². The molecule has 0 unspecified atom stereocenters. The van der Waals surface area contributed by atoms with Crippen LogP contribution in [-0.4, -0.2) is 0 Å². The summed E-state index contributed by atoms with van der Waals surface area (Å²) in [5.41, 5.74) is 0.603. The number of halogens is 2. The van der Waals surface area contributed by atoms with Crippen LogP contribution in [0.2, 0.25) is 0 Å². The standard InChI is InChI=1S/C14H9F2NO/c1-9-3-2-4-13(14(9)16)18-12-6-5-10(8-17)7-11(12)15/h2-7H,1H3. The third kappa shape index (κ3) is 2.30. The first-order valence-corrected chi connectivity index (χ1v) is 5.24. The first kappa shape index (κ1) is 12.1. The fourth-order valence-corrected chi connectivity index (χ4v) is 1.47. The second-order valence-corrected chi connectivity index (χ2v) is 3.75. The Bertz CT molecular complexity index is 632. The largest absolute Gasteiger partial charge is 0.451 e. The molecule has 0 fully saturated rings. The minimum Gasteiger partial charge on any atom is -0.451 e. The zero-order chi connectivity index (χ0) is 13.1. The monoisotopic (exact) mass is 245 g/mol. The van der Waals surface area contributed by atoms with E-state index in [0.717, 1.165) is 6.07 Å². The fourth-order valence-electron chi connectivity index (χ4n) is 1.47. The van der Waals surface area contributed by atoms with Crippen molar-refractivity contribution in [1.29, 1.82) is 5.26 Å². The second kappa shape index (κ2) is 4.84. The predicted molar refractivity (Wildman–Crippen MR) is 62.3 cm³/mol. The number of rotatable bonds is 2. The highest BCUT2D eigenvalue weighted by Gasteiger charge is 2.10. The number of hydrogen-bond acceptors (Lipinski definition) is 2. The molecule has 0 amide bonds. The van der Waals surface area contributed by atoms with Crippen LogP contribution in [0.15, 0.2) is 36.4 Å². The lowest BCUT2D eigenvalue weighted by molar-refractivity contribution is 0.413. The van der Waals surface area contributed by atoms with Crippen molar-refractivity contribution in [2.24, 2.45) is 0 Å². The summed E-state index contributed by atoms with van der Waals surface area (Å²) in [6.07, 6.45) is 0. The van der Waals surface area contributed by atoms with Gasteiger partial charge in [0.1, 0.15) is 0 Å². The summed E-state index contributed by atoms with van der Waals surface area (Å²) in [7, 11) is 0. The molecule has 0 aromatic heterocycles.